The van der Waals surface area contributed by atoms with E-state index in [1.165, 1.54) is 0 Å². The zero-order chi connectivity index (χ0) is 15.6. The van der Waals surface area contributed by atoms with E-state index in [0.717, 1.165) is 12.8 Å². The van der Waals surface area contributed by atoms with Crippen LogP contribution in [-0.4, -0.2) is 41.6 Å². The van der Waals surface area contributed by atoms with E-state index in [-0.39, 0.29) is 6.54 Å². The molecule has 0 aliphatic rings. The highest BCUT2D eigenvalue weighted by molar-refractivity contribution is 5.95. The molecular formula is C13H25N3O4. The van der Waals surface area contributed by atoms with Crippen LogP contribution in [0.15, 0.2) is 0 Å². The molecule has 0 rings (SSSR count). The number of imide groups is 1. The van der Waals surface area contributed by atoms with E-state index < -0.39 is 23.4 Å². The number of carboxylic acid groups (broad SMARTS) is 1. The molecule has 4 N–H and O–H groups in total. The fourth-order valence-electron chi connectivity index (χ4n) is 1.72. The van der Waals surface area contributed by atoms with Crippen LogP contribution in [0, 0.1) is 0 Å². The number of unbranched alkanes of at least 4 members (excludes halogenated alkanes) is 1. The third-order valence-electron chi connectivity index (χ3n) is 3.27. The first-order valence-electron chi connectivity index (χ1n) is 6.98. The van der Waals surface area contributed by atoms with Crippen LogP contribution in [0.1, 0.15) is 46.5 Å². The van der Waals surface area contributed by atoms with Crippen molar-refractivity contribution >= 4 is 17.9 Å². The summed E-state index contributed by atoms with van der Waals surface area (Å²) < 4.78 is 0. The van der Waals surface area contributed by atoms with Gasteiger partial charge in [-0.25, -0.2) is 4.79 Å². The molecule has 0 saturated heterocycles. The minimum absolute atomic E-state index is 0.213. The molecule has 0 atom stereocenters. The van der Waals surface area contributed by atoms with E-state index in [4.69, 9.17) is 0 Å². The summed E-state index contributed by atoms with van der Waals surface area (Å²) >= 11 is 0. The van der Waals surface area contributed by atoms with Gasteiger partial charge >= 0.3 is 12.0 Å². The number of aliphatic carboxylic acids is 1. The lowest BCUT2D eigenvalue weighted by atomic mass is 9.93. The van der Waals surface area contributed by atoms with E-state index in [9.17, 15) is 19.5 Å². The fraction of sp³-hybridized carbons (Fsp3) is 0.769. The minimum atomic E-state index is -1.13. The molecule has 7 heteroatoms. The van der Waals surface area contributed by atoms with Crippen molar-refractivity contribution in [2.24, 2.45) is 0 Å². The fourth-order valence-corrected chi connectivity index (χ4v) is 1.72. The molecular weight excluding hydrogens is 262 g/mol. The molecule has 3 amide bonds. The molecule has 0 radical (unpaired) electrons. The highest BCUT2D eigenvalue weighted by atomic mass is 16.4. The first-order chi connectivity index (χ1) is 9.41. The molecule has 116 valence electrons. The molecule has 0 aliphatic heterocycles. The van der Waals surface area contributed by atoms with E-state index in [2.05, 4.69) is 16.0 Å². The molecule has 0 heterocycles. The Morgan fingerprint density at radius 2 is 1.70 bits per heavy atom. The Bertz CT molecular complexity index is 341. The summed E-state index contributed by atoms with van der Waals surface area (Å²) in [5, 5.41) is 16.6. The van der Waals surface area contributed by atoms with Gasteiger partial charge in [0.2, 0.25) is 5.91 Å². The van der Waals surface area contributed by atoms with Crippen molar-refractivity contribution < 1.29 is 19.5 Å². The van der Waals surface area contributed by atoms with Crippen molar-refractivity contribution in [3.8, 4) is 0 Å². The van der Waals surface area contributed by atoms with Crippen molar-refractivity contribution in [3.05, 3.63) is 0 Å². The molecule has 20 heavy (non-hydrogen) atoms. The predicted octanol–water partition coefficient (Wildman–Crippen LogP) is 0.845. The molecule has 7 nitrogen and oxygen atoms in total. The van der Waals surface area contributed by atoms with Crippen LogP contribution in [0.25, 0.3) is 0 Å². The lowest BCUT2D eigenvalue weighted by Gasteiger charge is -2.27. The lowest BCUT2D eigenvalue weighted by molar-refractivity contribution is -0.145. The van der Waals surface area contributed by atoms with Gasteiger partial charge in [0, 0.05) is 6.54 Å². The third kappa shape index (κ3) is 6.01. The second-order valence-electron chi connectivity index (χ2n) is 4.61. The van der Waals surface area contributed by atoms with Crippen LogP contribution < -0.4 is 16.0 Å². The molecule has 0 saturated carbocycles. The van der Waals surface area contributed by atoms with Crippen molar-refractivity contribution in [2.45, 2.75) is 52.0 Å². The van der Waals surface area contributed by atoms with Gasteiger partial charge in [0.15, 0.2) is 0 Å². The summed E-state index contributed by atoms with van der Waals surface area (Å²) in [7, 11) is 0. The average molecular weight is 287 g/mol. The Balaban J connectivity index is 4.20. The summed E-state index contributed by atoms with van der Waals surface area (Å²) in [6.45, 7) is 5.76. The number of carbonyl (C=O) groups excluding carboxylic acids is 2. The van der Waals surface area contributed by atoms with Crippen LogP contribution in [-0.2, 0) is 9.59 Å². The number of amides is 3. The van der Waals surface area contributed by atoms with Crippen molar-refractivity contribution in [3.63, 3.8) is 0 Å². The summed E-state index contributed by atoms with van der Waals surface area (Å²) in [5.41, 5.74) is -1.13. The second-order valence-corrected chi connectivity index (χ2v) is 4.61. The lowest BCUT2D eigenvalue weighted by Crippen LogP contribution is -2.55. The first kappa shape index (κ1) is 18.4. The molecule has 0 aliphatic carbocycles. The van der Waals surface area contributed by atoms with Gasteiger partial charge in [0.1, 0.15) is 5.54 Å². The number of hydrogen-bond acceptors (Lipinski definition) is 4. The average Bonchev–Trinajstić information content (AvgIpc) is 2.40. The Labute approximate surface area is 119 Å². The normalized spacial score (nSPS) is 10.9. The zero-order valence-corrected chi connectivity index (χ0v) is 12.4. The topological polar surface area (TPSA) is 108 Å². The van der Waals surface area contributed by atoms with Crippen molar-refractivity contribution in [1.29, 1.82) is 0 Å². The predicted molar refractivity (Wildman–Crippen MR) is 75.4 cm³/mol. The Hall–Kier alpha value is -1.63. The van der Waals surface area contributed by atoms with Crippen LogP contribution in [0.5, 0.6) is 0 Å². The van der Waals surface area contributed by atoms with E-state index >= 15 is 0 Å². The maximum Gasteiger partial charge on any atom is 0.323 e. The van der Waals surface area contributed by atoms with Gasteiger partial charge in [0.05, 0.1) is 6.54 Å². The zero-order valence-electron chi connectivity index (χ0n) is 12.4. The summed E-state index contributed by atoms with van der Waals surface area (Å²) in [4.78, 5) is 34.1. The van der Waals surface area contributed by atoms with Crippen LogP contribution >= 0.6 is 0 Å². The Morgan fingerprint density at radius 1 is 1.10 bits per heavy atom. The number of rotatable bonds is 9. The number of nitrogens with one attached hydrogen (secondary N) is 3. The van der Waals surface area contributed by atoms with Gasteiger partial charge in [0.25, 0.3) is 0 Å². The van der Waals surface area contributed by atoms with Crippen LogP contribution in [0.4, 0.5) is 4.79 Å². The smallest absolute Gasteiger partial charge is 0.323 e. The summed E-state index contributed by atoms with van der Waals surface area (Å²) in [5.74, 6) is -1.55. The minimum Gasteiger partial charge on any atom is -0.480 e. The monoisotopic (exact) mass is 287 g/mol. The van der Waals surface area contributed by atoms with Crippen LogP contribution in [0.3, 0.4) is 0 Å². The van der Waals surface area contributed by atoms with E-state index in [0.29, 0.717) is 19.4 Å². The number of carboxylic acids is 1. The highest BCUT2D eigenvalue weighted by Crippen LogP contribution is 2.14. The molecule has 0 aromatic heterocycles. The Kier molecular flexibility index (Phi) is 8.54. The molecule has 0 spiro atoms. The van der Waals surface area contributed by atoms with Crippen LogP contribution in [0.2, 0.25) is 0 Å². The molecule has 0 bridgehead atoms. The van der Waals surface area contributed by atoms with Crippen molar-refractivity contribution in [2.75, 3.05) is 13.1 Å². The van der Waals surface area contributed by atoms with Gasteiger partial charge in [-0.1, -0.05) is 27.2 Å². The first-order valence-corrected chi connectivity index (χ1v) is 6.98. The Morgan fingerprint density at radius 3 is 2.15 bits per heavy atom. The van der Waals surface area contributed by atoms with Gasteiger partial charge < -0.3 is 10.4 Å². The standard InChI is InChI=1S/C13H25N3O4/c1-4-7-8-14-12(20)16-10(17)9-15-13(5-2,6-3)11(18)19/h15H,4-9H2,1-3H3,(H,18,19)(H2,14,16,17,20). The summed E-state index contributed by atoms with van der Waals surface area (Å²) in [6, 6.07) is -0.556. The largest absolute Gasteiger partial charge is 0.480 e. The van der Waals surface area contributed by atoms with Gasteiger partial charge in [-0.15, -0.1) is 0 Å². The quantitative estimate of drug-likeness (QED) is 0.470. The number of hydrogen-bond donors (Lipinski definition) is 4. The molecule has 0 aromatic carbocycles. The number of urea groups is 1. The SMILES string of the molecule is CCCCNC(=O)NC(=O)CNC(CC)(CC)C(=O)O. The second kappa shape index (κ2) is 9.30. The molecule has 0 unspecified atom stereocenters. The number of carbonyl (C=O) groups is 3. The maximum atomic E-state index is 11.6. The van der Waals surface area contributed by atoms with Gasteiger partial charge in [-0.3, -0.25) is 20.2 Å². The third-order valence-corrected chi connectivity index (χ3v) is 3.27. The molecule has 0 aromatic rings. The summed E-state index contributed by atoms with van der Waals surface area (Å²) in [6.07, 6.45) is 2.50. The van der Waals surface area contributed by atoms with Gasteiger partial charge in [-0.05, 0) is 19.3 Å². The van der Waals surface area contributed by atoms with E-state index in [1.807, 2.05) is 6.92 Å². The highest BCUT2D eigenvalue weighted by Gasteiger charge is 2.34. The molecule has 0 fully saturated rings. The van der Waals surface area contributed by atoms with E-state index in [1.54, 1.807) is 13.8 Å². The maximum absolute atomic E-state index is 11.6. The van der Waals surface area contributed by atoms with Gasteiger partial charge in [-0.2, -0.15) is 0 Å². The van der Waals surface area contributed by atoms with Crippen molar-refractivity contribution in [1.82, 2.24) is 16.0 Å².